The van der Waals surface area contributed by atoms with Crippen LogP contribution in [0.2, 0.25) is 0 Å². The first-order valence-electron chi connectivity index (χ1n) is 7.72. The van der Waals surface area contributed by atoms with Crippen LogP contribution in [-0.4, -0.2) is 23.2 Å². The van der Waals surface area contributed by atoms with E-state index in [1.165, 1.54) is 6.92 Å². The summed E-state index contributed by atoms with van der Waals surface area (Å²) in [5.41, 5.74) is 1.75. The van der Waals surface area contributed by atoms with Gasteiger partial charge in [0, 0.05) is 24.0 Å². The maximum Gasteiger partial charge on any atom is 0.257 e. The molecule has 23 heavy (non-hydrogen) atoms. The topological polar surface area (TPSA) is 71.1 Å². The second-order valence-electron chi connectivity index (χ2n) is 5.30. The normalized spacial score (nSPS) is 10.2. The van der Waals surface area contributed by atoms with Crippen LogP contribution in [0.25, 0.3) is 0 Å². The fraction of sp³-hybridized carbons (Fsp3) is 0.278. The number of Topliss-reactive ketones (excluding diaryl/α,β-unsaturated/α-hetero) is 1. The molecule has 0 atom stereocenters. The fourth-order valence-corrected chi connectivity index (χ4v) is 2.02. The quantitative estimate of drug-likeness (QED) is 0.603. The number of aromatic nitrogens is 1. The number of benzene rings is 1. The molecule has 0 aliphatic rings. The van der Waals surface area contributed by atoms with Gasteiger partial charge in [0.1, 0.15) is 5.82 Å². The Labute approximate surface area is 136 Å². The minimum absolute atomic E-state index is 0.00163. The molecule has 2 N–H and O–H groups in total. The molecule has 1 heterocycles. The SMILES string of the molecule is CCCCNc1ccc(C(=O)Nc2ccc(C(C)=O)cc2)cn1. The van der Waals surface area contributed by atoms with E-state index in [2.05, 4.69) is 22.5 Å². The molecular weight excluding hydrogens is 290 g/mol. The van der Waals surface area contributed by atoms with Crippen LogP contribution < -0.4 is 10.6 Å². The van der Waals surface area contributed by atoms with Crippen molar-refractivity contribution in [3.8, 4) is 0 Å². The Morgan fingerprint density at radius 2 is 1.74 bits per heavy atom. The van der Waals surface area contributed by atoms with Gasteiger partial charge in [-0.2, -0.15) is 0 Å². The lowest BCUT2D eigenvalue weighted by Crippen LogP contribution is -2.12. The van der Waals surface area contributed by atoms with Gasteiger partial charge < -0.3 is 10.6 Å². The van der Waals surface area contributed by atoms with E-state index in [9.17, 15) is 9.59 Å². The van der Waals surface area contributed by atoms with Gasteiger partial charge in [-0.15, -0.1) is 0 Å². The van der Waals surface area contributed by atoms with Crippen molar-refractivity contribution in [1.29, 1.82) is 0 Å². The number of hydrogen-bond donors (Lipinski definition) is 2. The van der Waals surface area contributed by atoms with Gasteiger partial charge in [-0.25, -0.2) is 4.98 Å². The molecule has 5 nitrogen and oxygen atoms in total. The molecular formula is C18H21N3O2. The van der Waals surface area contributed by atoms with Crippen LogP contribution in [-0.2, 0) is 0 Å². The molecule has 1 aromatic heterocycles. The summed E-state index contributed by atoms with van der Waals surface area (Å²) in [7, 11) is 0. The number of carbonyl (C=O) groups is 2. The molecule has 0 fully saturated rings. The summed E-state index contributed by atoms with van der Waals surface area (Å²) < 4.78 is 0. The molecule has 5 heteroatoms. The number of nitrogens with one attached hydrogen (secondary N) is 2. The van der Waals surface area contributed by atoms with Crippen molar-refractivity contribution < 1.29 is 9.59 Å². The molecule has 120 valence electrons. The number of anilines is 2. The van der Waals surface area contributed by atoms with Gasteiger partial charge in [0.2, 0.25) is 0 Å². The molecule has 1 amide bonds. The van der Waals surface area contributed by atoms with E-state index in [0.717, 1.165) is 25.2 Å². The summed E-state index contributed by atoms with van der Waals surface area (Å²) in [6, 6.07) is 10.3. The highest BCUT2D eigenvalue weighted by molar-refractivity contribution is 6.04. The van der Waals surface area contributed by atoms with Gasteiger partial charge in [-0.3, -0.25) is 9.59 Å². The second kappa shape index (κ2) is 8.08. The van der Waals surface area contributed by atoms with E-state index in [1.807, 2.05) is 0 Å². The van der Waals surface area contributed by atoms with Crippen molar-refractivity contribution in [2.45, 2.75) is 26.7 Å². The van der Waals surface area contributed by atoms with Crippen molar-refractivity contribution in [3.63, 3.8) is 0 Å². The molecule has 0 saturated carbocycles. The number of nitrogens with zero attached hydrogens (tertiary/aromatic N) is 1. The largest absolute Gasteiger partial charge is 0.370 e. The van der Waals surface area contributed by atoms with Gasteiger partial charge in [-0.05, 0) is 49.7 Å². The summed E-state index contributed by atoms with van der Waals surface area (Å²) in [5, 5.41) is 5.99. The van der Waals surface area contributed by atoms with Crippen LogP contribution >= 0.6 is 0 Å². The number of amides is 1. The first-order valence-corrected chi connectivity index (χ1v) is 7.72. The van der Waals surface area contributed by atoms with Crippen LogP contribution in [0.1, 0.15) is 47.4 Å². The average Bonchev–Trinajstić information content (AvgIpc) is 2.56. The zero-order valence-electron chi connectivity index (χ0n) is 13.4. The molecule has 0 bridgehead atoms. The van der Waals surface area contributed by atoms with E-state index in [-0.39, 0.29) is 11.7 Å². The molecule has 0 aliphatic heterocycles. The number of unbranched alkanes of at least 4 members (excludes halogenated alkanes) is 1. The molecule has 2 rings (SSSR count). The maximum absolute atomic E-state index is 12.2. The van der Waals surface area contributed by atoms with E-state index in [0.29, 0.717) is 16.8 Å². The molecule has 2 aromatic rings. The van der Waals surface area contributed by atoms with E-state index in [1.54, 1.807) is 42.6 Å². The van der Waals surface area contributed by atoms with Gasteiger partial charge in [-0.1, -0.05) is 13.3 Å². The average molecular weight is 311 g/mol. The van der Waals surface area contributed by atoms with Gasteiger partial charge in [0.05, 0.1) is 5.56 Å². The Morgan fingerprint density at radius 1 is 1.04 bits per heavy atom. The van der Waals surface area contributed by atoms with Gasteiger partial charge in [0.25, 0.3) is 5.91 Å². The third-order valence-corrected chi connectivity index (χ3v) is 3.41. The predicted molar refractivity (Wildman–Crippen MR) is 92.0 cm³/mol. The van der Waals surface area contributed by atoms with Crippen molar-refractivity contribution in [3.05, 3.63) is 53.7 Å². The Morgan fingerprint density at radius 3 is 2.30 bits per heavy atom. The van der Waals surface area contributed by atoms with Crippen LogP contribution in [0.15, 0.2) is 42.6 Å². The highest BCUT2D eigenvalue weighted by Crippen LogP contribution is 2.12. The van der Waals surface area contributed by atoms with Crippen LogP contribution in [0.3, 0.4) is 0 Å². The summed E-state index contributed by atoms with van der Waals surface area (Å²) >= 11 is 0. The van der Waals surface area contributed by atoms with Crippen molar-refractivity contribution >= 4 is 23.2 Å². The molecule has 0 spiro atoms. The van der Waals surface area contributed by atoms with Crippen LogP contribution in [0, 0.1) is 0 Å². The monoisotopic (exact) mass is 311 g/mol. The summed E-state index contributed by atoms with van der Waals surface area (Å²) in [5.74, 6) is 0.534. The molecule has 0 radical (unpaired) electrons. The molecule has 0 saturated heterocycles. The van der Waals surface area contributed by atoms with Crippen molar-refractivity contribution in [2.75, 3.05) is 17.2 Å². The van der Waals surface area contributed by atoms with Gasteiger partial charge >= 0.3 is 0 Å². The Bertz CT molecular complexity index is 664. The number of ketones is 1. The highest BCUT2D eigenvalue weighted by Gasteiger charge is 2.07. The molecule has 1 aromatic carbocycles. The lowest BCUT2D eigenvalue weighted by Gasteiger charge is -2.07. The first kappa shape index (κ1) is 16.7. The predicted octanol–water partition coefficient (Wildman–Crippen LogP) is 3.75. The summed E-state index contributed by atoms with van der Waals surface area (Å²) in [4.78, 5) is 27.6. The standard InChI is InChI=1S/C18H21N3O2/c1-3-4-11-19-17-10-7-15(12-20-17)18(23)21-16-8-5-14(6-9-16)13(2)22/h5-10,12H,3-4,11H2,1-2H3,(H,19,20)(H,21,23). The van der Waals surface area contributed by atoms with Gasteiger partial charge in [0.15, 0.2) is 5.78 Å². The first-order chi connectivity index (χ1) is 11.1. The van der Waals surface area contributed by atoms with E-state index in [4.69, 9.17) is 0 Å². The zero-order chi connectivity index (χ0) is 16.7. The maximum atomic E-state index is 12.2. The fourth-order valence-electron chi connectivity index (χ4n) is 2.02. The lowest BCUT2D eigenvalue weighted by atomic mass is 10.1. The Kier molecular flexibility index (Phi) is 5.86. The molecule has 0 aliphatic carbocycles. The Hall–Kier alpha value is -2.69. The minimum Gasteiger partial charge on any atom is -0.370 e. The lowest BCUT2D eigenvalue weighted by molar-refractivity contribution is 0.101. The minimum atomic E-state index is -0.229. The van der Waals surface area contributed by atoms with Crippen molar-refractivity contribution in [1.82, 2.24) is 4.98 Å². The summed E-state index contributed by atoms with van der Waals surface area (Å²) in [6.45, 7) is 4.51. The van der Waals surface area contributed by atoms with E-state index >= 15 is 0 Å². The third-order valence-electron chi connectivity index (χ3n) is 3.41. The molecule has 0 unspecified atom stereocenters. The van der Waals surface area contributed by atoms with Crippen LogP contribution in [0.4, 0.5) is 11.5 Å². The Balaban J connectivity index is 1.96. The number of rotatable bonds is 7. The van der Waals surface area contributed by atoms with Crippen molar-refractivity contribution in [2.24, 2.45) is 0 Å². The third kappa shape index (κ3) is 4.92. The summed E-state index contributed by atoms with van der Waals surface area (Å²) in [6.07, 6.45) is 3.75. The number of hydrogen-bond acceptors (Lipinski definition) is 4. The zero-order valence-corrected chi connectivity index (χ0v) is 13.4. The van der Waals surface area contributed by atoms with E-state index < -0.39 is 0 Å². The number of pyridine rings is 1. The second-order valence-corrected chi connectivity index (χ2v) is 5.30. The number of carbonyl (C=O) groups excluding carboxylic acids is 2. The smallest absolute Gasteiger partial charge is 0.257 e. The van der Waals surface area contributed by atoms with Crippen LogP contribution in [0.5, 0.6) is 0 Å². The highest BCUT2D eigenvalue weighted by atomic mass is 16.1.